The first kappa shape index (κ1) is 13.9. The maximum Gasteiger partial charge on any atom is 0.129 e. The van der Waals surface area contributed by atoms with Crippen molar-refractivity contribution in [3.63, 3.8) is 0 Å². The van der Waals surface area contributed by atoms with Crippen molar-refractivity contribution in [2.75, 3.05) is 13.1 Å². The van der Waals surface area contributed by atoms with Crippen molar-refractivity contribution in [1.82, 2.24) is 4.90 Å². The third kappa shape index (κ3) is 3.97. The molecule has 1 saturated heterocycles. The predicted octanol–water partition coefficient (Wildman–Crippen LogP) is 2.05. The Kier molecular flexibility index (Phi) is 5.35. The van der Waals surface area contributed by atoms with E-state index in [0.29, 0.717) is 18.2 Å². The number of β-amino-alcohol motifs (C(OH)–C–C–N with tert-alkyl or cyclic N) is 1. The quantitative estimate of drug-likeness (QED) is 0.719. The number of rotatable bonds is 5. The summed E-state index contributed by atoms with van der Waals surface area (Å²) in [5, 5.41) is 17.5. The molecule has 0 aliphatic carbocycles. The number of aliphatic imine (C=N–C) groups is 1. The van der Waals surface area contributed by atoms with Crippen molar-refractivity contribution in [2.45, 2.75) is 39.7 Å². The molecule has 0 spiro atoms. The normalized spacial score (nSPS) is 25.9. The van der Waals surface area contributed by atoms with Gasteiger partial charge in [0.2, 0.25) is 0 Å². The molecule has 0 saturated carbocycles. The van der Waals surface area contributed by atoms with Gasteiger partial charge in [0.05, 0.1) is 6.10 Å². The van der Waals surface area contributed by atoms with E-state index in [1.54, 1.807) is 19.2 Å². The summed E-state index contributed by atoms with van der Waals surface area (Å²) in [4.78, 5) is 6.36. The molecule has 0 amide bonds. The van der Waals surface area contributed by atoms with Crippen LogP contribution in [0.15, 0.2) is 16.9 Å². The molecule has 2 atom stereocenters. The number of aliphatic hydroxyl groups excluding tert-OH is 1. The van der Waals surface area contributed by atoms with E-state index in [0.717, 1.165) is 25.2 Å². The van der Waals surface area contributed by atoms with Crippen molar-refractivity contribution in [3.8, 4) is 0 Å². The highest BCUT2D eigenvalue weighted by atomic mass is 16.3. The van der Waals surface area contributed by atoms with Crippen molar-refractivity contribution in [2.24, 2.45) is 10.9 Å². The van der Waals surface area contributed by atoms with Gasteiger partial charge in [0.1, 0.15) is 5.82 Å². The molecule has 1 fully saturated rings. The predicted molar refractivity (Wildman–Crippen MR) is 71.6 cm³/mol. The minimum absolute atomic E-state index is 0.267. The van der Waals surface area contributed by atoms with Gasteiger partial charge in [-0.3, -0.25) is 0 Å². The fourth-order valence-corrected chi connectivity index (χ4v) is 2.23. The average Bonchev–Trinajstić information content (AvgIpc) is 2.60. The molecule has 0 radical (unpaired) electrons. The maximum atomic E-state index is 9.97. The number of hydrogen-bond acceptors (Lipinski definition) is 4. The maximum absolute atomic E-state index is 9.97. The second-order valence-electron chi connectivity index (χ2n) is 4.59. The van der Waals surface area contributed by atoms with Gasteiger partial charge in [-0.2, -0.15) is 0 Å². The molecule has 4 heteroatoms. The molecular formula is C13H23N3O. The molecule has 1 aliphatic heterocycles. The van der Waals surface area contributed by atoms with Crippen molar-refractivity contribution >= 4 is 11.9 Å². The Morgan fingerprint density at radius 1 is 1.53 bits per heavy atom. The molecular weight excluding hydrogens is 214 g/mol. The number of likely N-dealkylation sites (tertiary alicyclic amines) is 1. The van der Waals surface area contributed by atoms with Gasteiger partial charge < -0.3 is 15.4 Å². The topological polar surface area (TPSA) is 59.7 Å². The molecule has 1 heterocycles. The second kappa shape index (κ2) is 6.55. The van der Waals surface area contributed by atoms with E-state index < -0.39 is 0 Å². The van der Waals surface area contributed by atoms with Crippen LogP contribution in [-0.4, -0.2) is 41.1 Å². The van der Waals surface area contributed by atoms with E-state index in [1.807, 2.05) is 6.92 Å². The van der Waals surface area contributed by atoms with Crippen LogP contribution in [0.5, 0.6) is 0 Å². The van der Waals surface area contributed by atoms with E-state index in [-0.39, 0.29) is 6.10 Å². The number of allylic oxidation sites excluding steroid dienone is 1. The van der Waals surface area contributed by atoms with Gasteiger partial charge in [-0.25, -0.2) is 4.99 Å². The average molecular weight is 237 g/mol. The van der Waals surface area contributed by atoms with Crippen LogP contribution < -0.4 is 0 Å². The minimum Gasteiger partial charge on any atom is -0.391 e. The zero-order valence-corrected chi connectivity index (χ0v) is 11.0. The second-order valence-corrected chi connectivity index (χ2v) is 4.59. The molecule has 96 valence electrons. The van der Waals surface area contributed by atoms with Gasteiger partial charge in [0, 0.05) is 37.0 Å². The standard InChI is InChI=1S/C13H23N3O/c1-4-6-11-8-16(9-12(11)17)13(15-5-2)7-10(3)14/h5,7,11-12,14,17H,4,6,8-9H2,1-3H3/b13-7+,14-10?,15-5-. The Bertz CT molecular complexity index is 323. The third-order valence-corrected chi connectivity index (χ3v) is 3.00. The molecule has 1 rings (SSSR count). The van der Waals surface area contributed by atoms with Crippen LogP contribution >= 0.6 is 0 Å². The number of aliphatic hydroxyl groups is 1. The first-order chi connectivity index (χ1) is 8.08. The van der Waals surface area contributed by atoms with E-state index >= 15 is 0 Å². The van der Waals surface area contributed by atoms with E-state index in [1.165, 1.54) is 0 Å². The monoisotopic (exact) mass is 237 g/mol. The molecule has 0 aromatic carbocycles. The molecule has 2 N–H and O–H groups in total. The van der Waals surface area contributed by atoms with Crippen molar-refractivity contribution in [3.05, 3.63) is 11.9 Å². The van der Waals surface area contributed by atoms with Gasteiger partial charge in [-0.05, 0) is 20.3 Å². The summed E-state index contributed by atoms with van der Waals surface area (Å²) in [5.41, 5.74) is 0.485. The zero-order valence-electron chi connectivity index (χ0n) is 11.0. The van der Waals surface area contributed by atoms with Gasteiger partial charge in [-0.1, -0.05) is 13.3 Å². The summed E-state index contributed by atoms with van der Waals surface area (Å²) in [5.74, 6) is 1.12. The minimum atomic E-state index is -0.267. The Morgan fingerprint density at radius 3 is 2.76 bits per heavy atom. The SMILES string of the molecule is C/C=N\C(=C/C(C)=N)N1CC(O)C(CCC)C1. The molecule has 0 aromatic rings. The number of nitrogens with one attached hydrogen (secondary N) is 1. The van der Waals surface area contributed by atoms with E-state index in [2.05, 4.69) is 16.8 Å². The highest BCUT2D eigenvalue weighted by molar-refractivity contribution is 5.90. The van der Waals surface area contributed by atoms with Crippen molar-refractivity contribution in [1.29, 1.82) is 5.41 Å². The fourth-order valence-electron chi connectivity index (χ4n) is 2.23. The zero-order chi connectivity index (χ0) is 12.8. The van der Waals surface area contributed by atoms with Crippen LogP contribution in [0.4, 0.5) is 0 Å². The van der Waals surface area contributed by atoms with Gasteiger partial charge >= 0.3 is 0 Å². The van der Waals surface area contributed by atoms with Gasteiger partial charge in [-0.15, -0.1) is 0 Å². The van der Waals surface area contributed by atoms with Gasteiger partial charge in [0.15, 0.2) is 0 Å². The Hall–Kier alpha value is -1.16. The summed E-state index contributed by atoms with van der Waals surface area (Å²) in [6.45, 7) is 7.20. The van der Waals surface area contributed by atoms with E-state index in [4.69, 9.17) is 5.41 Å². The third-order valence-electron chi connectivity index (χ3n) is 3.00. The van der Waals surface area contributed by atoms with Crippen LogP contribution in [0, 0.1) is 11.3 Å². The van der Waals surface area contributed by atoms with Crippen molar-refractivity contribution < 1.29 is 5.11 Å². The van der Waals surface area contributed by atoms with Crippen LogP contribution in [0.2, 0.25) is 0 Å². The first-order valence-corrected chi connectivity index (χ1v) is 6.27. The lowest BCUT2D eigenvalue weighted by molar-refractivity contribution is 0.139. The lowest BCUT2D eigenvalue weighted by Gasteiger charge is -2.18. The summed E-state index contributed by atoms with van der Waals surface area (Å²) in [7, 11) is 0. The fraction of sp³-hybridized carbons (Fsp3) is 0.692. The highest BCUT2D eigenvalue weighted by Gasteiger charge is 2.31. The van der Waals surface area contributed by atoms with Crippen LogP contribution in [-0.2, 0) is 0 Å². The first-order valence-electron chi connectivity index (χ1n) is 6.27. The Morgan fingerprint density at radius 2 is 2.24 bits per heavy atom. The lowest BCUT2D eigenvalue weighted by atomic mass is 10.0. The highest BCUT2D eigenvalue weighted by Crippen LogP contribution is 2.25. The molecule has 1 aliphatic rings. The van der Waals surface area contributed by atoms with Gasteiger partial charge in [0.25, 0.3) is 0 Å². The molecule has 0 aromatic heterocycles. The molecule has 17 heavy (non-hydrogen) atoms. The molecule has 0 bridgehead atoms. The van der Waals surface area contributed by atoms with Crippen LogP contribution in [0.1, 0.15) is 33.6 Å². The van der Waals surface area contributed by atoms with Crippen LogP contribution in [0.25, 0.3) is 0 Å². The number of hydrogen-bond donors (Lipinski definition) is 2. The Balaban J connectivity index is 2.75. The summed E-state index contributed by atoms with van der Waals surface area (Å²) < 4.78 is 0. The lowest BCUT2D eigenvalue weighted by Crippen LogP contribution is -2.21. The largest absolute Gasteiger partial charge is 0.391 e. The summed E-state index contributed by atoms with van der Waals surface area (Å²) in [6.07, 6.45) is 5.35. The van der Waals surface area contributed by atoms with E-state index in [9.17, 15) is 5.11 Å². The summed E-state index contributed by atoms with van der Waals surface area (Å²) >= 11 is 0. The smallest absolute Gasteiger partial charge is 0.129 e. The molecule has 4 nitrogen and oxygen atoms in total. The number of nitrogens with zero attached hydrogens (tertiary/aromatic N) is 2. The Labute approximate surface area is 104 Å². The molecule has 2 unspecified atom stereocenters. The summed E-state index contributed by atoms with van der Waals surface area (Å²) in [6, 6.07) is 0. The van der Waals surface area contributed by atoms with Crippen LogP contribution in [0.3, 0.4) is 0 Å².